The van der Waals surface area contributed by atoms with E-state index in [0.29, 0.717) is 23.7 Å². The lowest BCUT2D eigenvalue weighted by molar-refractivity contribution is -0.148. The molecule has 1 aromatic rings. The van der Waals surface area contributed by atoms with Gasteiger partial charge in [0, 0.05) is 11.0 Å². The summed E-state index contributed by atoms with van der Waals surface area (Å²) in [4.78, 5) is 11.5. The Morgan fingerprint density at radius 3 is 2.48 bits per heavy atom. The van der Waals surface area contributed by atoms with Gasteiger partial charge >= 0.3 is 5.97 Å². The number of carbonyl (C=O) groups is 1. The predicted molar refractivity (Wildman–Crippen MR) is 108 cm³/mol. The summed E-state index contributed by atoms with van der Waals surface area (Å²) >= 11 is 0. The van der Waals surface area contributed by atoms with Crippen LogP contribution in [0.2, 0.25) is 0 Å². The van der Waals surface area contributed by atoms with Gasteiger partial charge in [-0.1, -0.05) is 38.5 Å². The zero-order chi connectivity index (χ0) is 20.4. The highest BCUT2D eigenvalue weighted by molar-refractivity contribution is 7.92. The second kappa shape index (κ2) is 7.89. The van der Waals surface area contributed by atoms with Gasteiger partial charge in [-0.3, -0.25) is 0 Å². The van der Waals surface area contributed by atoms with E-state index in [2.05, 4.69) is 0 Å². The van der Waals surface area contributed by atoms with Gasteiger partial charge < -0.3 is 14.2 Å². The Kier molecular flexibility index (Phi) is 6.20. The molecule has 0 bridgehead atoms. The first-order valence-electron chi connectivity index (χ1n) is 8.81. The lowest BCUT2D eigenvalue weighted by Gasteiger charge is -2.34. The second-order valence-electron chi connectivity index (χ2n) is 7.83. The van der Waals surface area contributed by atoms with Crippen LogP contribution in [-0.2, 0) is 20.3 Å². The molecule has 2 unspecified atom stereocenters. The average molecular weight is 393 g/mol. The number of rotatable bonds is 5. The summed E-state index contributed by atoms with van der Waals surface area (Å²) in [5.74, 6) is 0.477. The summed E-state index contributed by atoms with van der Waals surface area (Å²) in [7, 11) is -0.0586. The summed E-state index contributed by atoms with van der Waals surface area (Å²) in [6.07, 6.45) is 3.53. The first-order valence-corrected chi connectivity index (χ1v) is 9.96. The number of hydrogen-bond donors (Lipinski definition) is 0. The number of hydrogen-bond acceptors (Lipinski definition) is 5. The number of methoxy groups -OCH3 is 1. The molecular weight excluding hydrogens is 364 g/mol. The third-order valence-electron chi connectivity index (χ3n) is 4.64. The Labute approximate surface area is 163 Å². The van der Waals surface area contributed by atoms with Crippen molar-refractivity contribution in [3.63, 3.8) is 0 Å². The van der Waals surface area contributed by atoms with E-state index in [4.69, 9.17) is 14.2 Å². The van der Waals surface area contributed by atoms with Crippen molar-refractivity contribution in [1.29, 1.82) is 0 Å². The third-order valence-corrected chi connectivity index (χ3v) is 6.73. The summed E-state index contributed by atoms with van der Waals surface area (Å²) in [5, 5.41) is 0. The van der Waals surface area contributed by atoms with Crippen molar-refractivity contribution in [1.82, 2.24) is 0 Å². The second-order valence-corrected chi connectivity index (χ2v) is 9.59. The van der Waals surface area contributed by atoms with E-state index in [1.54, 1.807) is 38.3 Å². The molecule has 1 saturated heterocycles. The number of allylic oxidation sites excluding steroid dienone is 1. The fourth-order valence-electron chi connectivity index (χ4n) is 2.49. The van der Waals surface area contributed by atoms with E-state index >= 15 is 0 Å². The smallest absolute Gasteiger partial charge is 0.348 e. The van der Waals surface area contributed by atoms with Gasteiger partial charge in [0.1, 0.15) is 22.3 Å². The molecule has 27 heavy (non-hydrogen) atoms. The van der Waals surface area contributed by atoms with Gasteiger partial charge in [-0.05, 0) is 39.0 Å². The number of benzene rings is 1. The van der Waals surface area contributed by atoms with Crippen LogP contribution in [0.4, 0.5) is 0 Å². The minimum atomic E-state index is -1.61. The van der Waals surface area contributed by atoms with Crippen LogP contribution in [0, 0.1) is 5.41 Å². The van der Waals surface area contributed by atoms with Crippen molar-refractivity contribution >= 4 is 22.8 Å². The Hall–Kier alpha value is -2.08. The van der Waals surface area contributed by atoms with E-state index < -0.39 is 27.1 Å². The molecule has 0 N–H and O–H groups in total. The monoisotopic (exact) mass is 392 g/mol. The molecule has 0 aromatic heterocycles. The predicted octanol–water partition coefficient (Wildman–Crippen LogP) is 4.45. The van der Waals surface area contributed by atoms with E-state index in [1.165, 1.54) is 0 Å². The quantitative estimate of drug-likeness (QED) is 0.421. The first-order chi connectivity index (χ1) is 12.5. The van der Waals surface area contributed by atoms with Crippen molar-refractivity contribution in [2.45, 2.75) is 46.5 Å². The van der Waals surface area contributed by atoms with Gasteiger partial charge in [-0.15, -0.1) is 0 Å². The summed E-state index contributed by atoms with van der Waals surface area (Å²) in [6, 6.07) is 5.37. The van der Waals surface area contributed by atoms with Crippen LogP contribution in [0.1, 0.15) is 47.1 Å². The molecule has 2 rings (SSSR count). The van der Waals surface area contributed by atoms with E-state index in [1.807, 2.05) is 40.7 Å². The lowest BCUT2D eigenvalue weighted by Crippen LogP contribution is -2.42. The van der Waals surface area contributed by atoms with Crippen LogP contribution in [-0.4, -0.2) is 28.8 Å². The van der Waals surface area contributed by atoms with Crippen LogP contribution in [0.3, 0.4) is 0 Å². The molecule has 0 spiro atoms. The van der Waals surface area contributed by atoms with Crippen molar-refractivity contribution in [2.75, 3.05) is 13.7 Å². The average Bonchev–Trinajstić information content (AvgIpc) is 2.79. The maximum Gasteiger partial charge on any atom is 0.348 e. The molecule has 148 valence electrons. The van der Waals surface area contributed by atoms with Crippen molar-refractivity contribution in [3.05, 3.63) is 40.3 Å². The van der Waals surface area contributed by atoms with Gasteiger partial charge in [-0.25, -0.2) is 9.00 Å². The molecule has 1 aromatic carbocycles. The van der Waals surface area contributed by atoms with Crippen LogP contribution < -0.4 is 9.47 Å². The van der Waals surface area contributed by atoms with E-state index in [-0.39, 0.29) is 4.91 Å². The third kappa shape index (κ3) is 4.26. The van der Waals surface area contributed by atoms with Crippen molar-refractivity contribution < 1.29 is 23.2 Å². The number of carbonyl (C=O) groups excluding carboxylic acids is 1. The zero-order valence-corrected chi connectivity index (χ0v) is 17.9. The van der Waals surface area contributed by atoms with Gasteiger partial charge in [0.2, 0.25) is 0 Å². The molecule has 1 aliphatic heterocycles. The minimum Gasteiger partial charge on any atom is -0.493 e. The van der Waals surface area contributed by atoms with Gasteiger partial charge in [0.05, 0.1) is 7.11 Å². The molecule has 2 atom stereocenters. The Morgan fingerprint density at radius 2 is 1.96 bits per heavy atom. The molecule has 0 radical (unpaired) electrons. The highest BCUT2D eigenvalue weighted by atomic mass is 32.2. The van der Waals surface area contributed by atoms with Crippen molar-refractivity contribution in [2.24, 2.45) is 5.41 Å². The standard InChI is InChI=1S/C21H28O5S/c1-14(2)11-12-25-18-15(9-8-10-16(18)24-7)13-17-19(22)26-21(6,27(17)23)20(3,4)5/h8-11,13H,12H2,1-7H3/b17-13-. The largest absolute Gasteiger partial charge is 0.493 e. The van der Waals surface area contributed by atoms with Gasteiger partial charge in [0.25, 0.3) is 0 Å². The van der Waals surface area contributed by atoms with Gasteiger partial charge in [0.15, 0.2) is 16.4 Å². The molecule has 5 nitrogen and oxygen atoms in total. The fourth-order valence-corrected chi connectivity index (χ4v) is 4.04. The number of cyclic esters (lactones) is 1. The minimum absolute atomic E-state index is 0.132. The lowest BCUT2D eigenvalue weighted by atomic mass is 9.89. The Balaban J connectivity index is 2.48. The van der Waals surface area contributed by atoms with Crippen molar-refractivity contribution in [3.8, 4) is 11.5 Å². The Bertz CT molecular complexity index is 812. The molecule has 0 aliphatic carbocycles. The fraction of sp³-hybridized carbons (Fsp3) is 0.476. The molecular formula is C21H28O5S. The number of esters is 1. The summed E-state index contributed by atoms with van der Waals surface area (Å²) in [5.41, 5.74) is 1.28. The first kappa shape index (κ1) is 21.2. The highest BCUT2D eigenvalue weighted by Gasteiger charge is 2.54. The molecule has 1 fully saturated rings. The molecule has 6 heteroatoms. The maximum atomic E-state index is 13.1. The highest BCUT2D eigenvalue weighted by Crippen LogP contribution is 2.45. The summed E-state index contributed by atoms with van der Waals surface area (Å²) < 4.78 is 29.9. The molecule has 0 amide bonds. The topological polar surface area (TPSA) is 61.8 Å². The number of para-hydroxylation sites is 1. The molecule has 1 aliphatic rings. The summed E-state index contributed by atoms with van der Waals surface area (Å²) in [6.45, 7) is 11.8. The van der Waals surface area contributed by atoms with E-state index in [0.717, 1.165) is 5.57 Å². The Morgan fingerprint density at radius 1 is 1.30 bits per heavy atom. The number of ether oxygens (including phenoxy) is 3. The van der Waals surface area contributed by atoms with Crippen LogP contribution >= 0.6 is 0 Å². The normalized spacial score (nSPS) is 23.9. The van der Waals surface area contributed by atoms with Crippen LogP contribution in [0.15, 0.2) is 34.8 Å². The maximum absolute atomic E-state index is 13.1. The van der Waals surface area contributed by atoms with Crippen LogP contribution in [0.25, 0.3) is 6.08 Å². The van der Waals surface area contributed by atoms with E-state index in [9.17, 15) is 9.00 Å². The zero-order valence-electron chi connectivity index (χ0n) is 17.0. The molecule has 1 heterocycles. The van der Waals surface area contributed by atoms with Crippen LogP contribution in [0.5, 0.6) is 11.5 Å². The molecule has 0 saturated carbocycles. The van der Waals surface area contributed by atoms with Gasteiger partial charge in [-0.2, -0.15) is 0 Å². The SMILES string of the molecule is COc1cccc(/C=C2/C(=O)OC(C)(C(C)(C)C)S2=O)c1OCC=C(C)C.